The van der Waals surface area contributed by atoms with Gasteiger partial charge in [-0.05, 0) is 24.1 Å². The van der Waals surface area contributed by atoms with E-state index in [0.29, 0.717) is 16.3 Å². The van der Waals surface area contributed by atoms with Crippen LogP contribution in [0.2, 0.25) is 5.02 Å². The highest BCUT2D eigenvalue weighted by molar-refractivity contribution is 6.30. The van der Waals surface area contributed by atoms with Gasteiger partial charge in [-0.25, -0.2) is 0 Å². The second-order valence-electron chi connectivity index (χ2n) is 4.14. The predicted octanol–water partition coefficient (Wildman–Crippen LogP) is 3.92. The van der Waals surface area contributed by atoms with Gasteiger partial charge in [-0.1, -0.05) is 49.2 Å². The van der Waals surface area contributed by atoms with Crippen molar-refractivity contribution in [2.75, 3.05) is 0 Å². The zero-order valence-electron chi connectivity index (χ0n) is 10.2. The molecule has 0 spiro atoms. The zero-order valence-corrected chi connectivity index (χ0v) is 10.9. The van der Waals surface area contributed by atoms with Gasteiger partial charge >= 0.3 is 0 Å². The van der Waals surface area contributed by atoms with Crippen LogP contribution < -0.4 is 0 Å². The van der Waals surface area contributed by atoms with Gasteiger partial charge in [0.2, 0.25) is 5.78 Å². The Morgan fingerprint density at radius 3 is 2.44 bits per heavy atom. The first-order valence-corrected chi connectivity index (χ1v) is 6.33. The third-order valence-corrected chi connectivity index (χ3v) is 2.94. The second-order valence-corrected chi connectivity index (χ2v) is 4.57. The second kappa shape index (κ2) is 5.78. The molecule has 0 atom stereocenters. The van der Waals surface area contributed by atoms with Gasteiger partial charge in [-0.2, -0.15) is 0 Å². The molecule has 2 nitrogen and oxygen atoms in total. The topological polar surface area (TPSA) is 30.0 Å². The number of benzene rings is 1. The number of carbonyl (C=O) groups excluding carboxylic acids is 1. The summed E-state index contributed by atoms with van der Waals surface area (Å²) in [5.74, 6) is -0.0743. The first-order chi connectivity index (χ1) is 8.70. The third kappa shape index (κ3) is 2.96. The average molecular weight is 260 g/mol. The summed E-state index contributed by atoms with van der Waals surface area (Å²) in [6.07, 6.45) is 3.62. The van der Waals surface area contributed by atoms with Crippen LogP contribution >= 0.6 is 11.6 Å². The highest BCUT2D eigenvalue weighted by Crippen LogP contribution is 2.12. The maximum Gasteiger partial charge on any atom is 0.211 e. The van der Waals surface area contributed by atoms with Crippen molar-refractivity contribution in [3.63, 3.8) is 0 Å². The largest absolute Gasteiger partial charge is 0.287 e. The number of aryl methyl sites for hydroxylation is 1. The quantitative estimate of drug-likeness (QED) is 0.779. The fraction of sp³-hybridized carbons (Fsp3) is 0.200. The van der Waals surface area contributed by atoms with E-state index in [4.69, 9.17) is 11.6 Å². The Labute approximate surface area is 112 Å². The normalized spacial score (nSPS) is 10.3. The number of nitrogens with zero attached hydrogens (tertiary/aromatic N) is 1. The molecule has 0 saturated carbocycles. The molecule has 0 unspecified atom stereocenters. The van der Waals surface area contributed by atoms with E-state index >= 15 is 0 Å². The van der Waals surface area contributed by atoms with Crippen LogP contribution in [0.3, 0.4) is 0 Å². The Morgan fingerprint density at radius 2 is 1.89 bits per heavy atom. The molecule has 0 aliphatic heterocycles. The number of aromatic nitrogens is 1. The van der Waals surface area contributed by atoms with Crippen LogP contribution in [0.25, 0.3) is 0 Å². The lowest BCUT2D eigenvalue weighted by Crippen LogP contribution is -2.03. The van der Waals surface area contributed by atoms with Gasteiger partial charge in [0.15, 0.2) is 0 Å². The molecule has 0 fully saturated rings. The number of ketones is 1. The standard InChI is InChI=1S/C15H14ClNO/c1-2-3-11-4-6-12(7-5-11)15(18)14-9-8-13(16)10-17-14/h4-10H,2-3H2,1H3. The molecule has 0 N–H and O–H groups in total. The third-order valence-electron chi connectivity index (χ3n) is 2.71. The van der Waals surface area contributed by atoms with E-state index < -0.39 is 0 Å². The first-order valence-electron chi connectivity index (χ1n) is 5.96. The molecule has 0 aliphatic rings. The van der Waals surface area contributed by atoms with Crippen molar-refractivity contribution in [1.29, 1.82) is 0 Å². The van der Waals surface area contributed by atoms with E-state index in [0.717, 1.165) is 12.8 Å². The van der Waals surface area contributed by atoms with E-state index in [2.05, 4.69) is 11.9 Å². The number of hydrogen-bond donors (Lipinski definition) is 0. The molecule has 18 heavy (non-hydrogen) atoms. The molecule has 1 heterocycles. The molecule has 3 heteroatoms. The minimum absolute atomic E-state index is 0.0743. The van der Waals surface area contributed by atoms with Gasteiger partial charge in [0.05, 0.1) is 5.02 Å². The Bertz CT molecular complexity index is 531. The van der Waals surface area contributed by atoms with Crippen LogP contribution in [0.15, 0.2) is 42.6 Å². The van der Waals surface area contributed by atoms with Crippen molar-refractivity contribution >= 4 is 17.4 Å². The summed E-state index contributed by atoms with van der Waals surface area (Å²) in [6, 6.07) is 11.0. The predicted molar refractivity (Wildman–Crippen MR) is 73.1 cm³/mol. The molecular weight excluding hydrogens is 246 g/mol. The summed E-state index contributed by atoms with van der Waals surface area (Å²) in [6.45, 7) is 2.14. The van der Waals surface area contributed by atoms with Crippen LogP contribution in [-0.4, -0.2) is 10.8 Å². The molecule has 0 radical (unpaired) electrons. The Hall–Kier alpha value is -1.67. The zero-order chi connectivity index (χ0) is 13.0. The Balaban J connectivity index is 2.20. The van der Waals surface area contributed by atoms with E-state index in [9.17, 15) is 4.79 Å². The molecule has 0 bridgehead atoms. The summed E-state index contributed by atoms with van der Waals surface area (Å²) >= 11 is 5.74. The van der Waals surface area contributed by atoms with Gasteiger partial charge in [0.25, 0.3) is 0 Å². The Morgan fingerprint density at radius 1 is 1.17 bits per heavy atom. The van der Waals surface area contributed by atoms with Gasteiger partial charge in [-0.15, -0.1) is 0 Å². The first kappa shape index (κ1) is 12.8. The van der Waals surface area contributed by atoms with Crippen molar-refractivity contribution in [2.45, 2.75) is 19.8 Å². The summed E-state index contributed by atoms with van der Waals surface area (Å²) < 4.78 is 0. The van der Waals surface area contributed by atoms with Crippen LogP contribution in [0.1, 0.15) is 35.0 Å². The molecule has 0 amide bonds. The van der Waals surface area contributed by atoms with Gasteiger partial charge < -0.3 is 0 Å². The van der Waals surface area contributed by atoms with Crippen molar-refractivity contribution in [1.82, 2.24) is 4.98 Å². The number of hydrogen-bond acceptors (Lipinski definition) is 2. The molecule has 1 aromatic carbocycles. The number of pyridine rings is 1. The maximum absolute atomic E-state index is 12.1. The Kier molecular flexibility index (Phi) is 4.11. The van der Waals surface area contributed by atoms with Gasteiger partial charge in [0.1, 0.15) is 5.69 Å². The molecular formula is C15H14ClNO. The SMILES string of the molecule is CCCc1ccc(C(=O)c2ccc(Cl)cn2)cc1. The van der Waals surface area contributed by atoms with Gasteiger partial charge in [-0.3, -0.25) is 9.78 Å². The van der Waals surface area contributed by atoms with Crippen molar-refractivity contribution in [3.05, 3.63) is 64.4 Å². The highest BCUT2D eigenvalue weighted by atomic mass is 35.5. The van der Waals surface area contributed by atoms with Crippen LogP contribution in [0.4, 0.5) is 0 Å². The number of halogens is 1. The smallest absolute Gasteiger partial charge is 0.211 e. The van der Waals surface area contributed by atoms with E-state index in [-0.39, 0.29) is 5.78 Å². The fourth-order valence-electron chi connectivity index (χ4n) is 1.77. The molecule has 2 aromatic rings. The summed E-state index contributed by atoms with van der Waals surface area (Å²) in [7, 11) is 0. The van der Waals surface area contributed by atoms with E-state index in [1.165, 1.54) is 11.8 Å². The van der Waals surface area contributed by atoms with E-state index in [1.54, 1.807) is 12.1 Å². The average Bonchev–Trinajstić information content (AvgIpc) is 2.40. The summed E-state index contributed by atoms with van der Waals surface area (Å²) in [5.41, 5.74) is 2.32. The van der Waals surface area contributed by atoms with Gasteiger partial charge in [0, 0.05) is 11.8 Å². The van der Waals surface area contributed by atoms with Crippen LogP contribution in [0, 0.1) is 0 Å². The van der Waals surface area contributed by atoms with Crippen molar-refractivity contribution in [3.8, 4) is 0 Å². The van der Waals surface area contributed by atoms with Crippen molar-refractivity contribution < 1.29 is 4.79 Å². The molecule has 1 aromatic heterocycles. The lowest BCUT2D eigenvalue weighted by atomic mass is 10.0. The molecule has 92 valence electrons. The minimum atomic E-state index is -0.0743. The maximum atomic E-state index is 12.1. The molecule has 0 aliphatic carbocycles. The monoisotopic (exact) mass is 259 g/mol. The van der Waals surface area contributed by atoms with E-state index in [1.807, 2.05) is 24.3 Å². The lowest BCUT2D eigenvalue weighted by Gasteiger charge is -2.02. The summed E-state index contributed by atoms with van der Waals surface area (Å²) in [5, 5.41) is 0.532. The highest BCUT2D eigenvalue weighted by Gasteiger charge is 2.09. The summed E-state index contributed by atoms with van der Waals surface area (Å²) in [4.78, 5) is 16.2. The fourth-order valence-corrected chi connectivity index (χ4v) is 1.88. The number of carbonyl (C=O) groups is 1. The molecule has 0 saturated heterocycles. The van der Waals surface area contributed by atoms with Crippen LogP contribution in [-0.2, 0) is 6.42 Å². The lowest BCUT2D eigenvalue weighted by molar-refractivity contribution is 0.103. The van der Waals surface area contributed by atoms with Crippen molar-refractivity contribution in [2.24, 2.45) is 0 Å². The molecule has 2 rings (SSSR count). The number of rotatable bonds is 4. The van der Waals surface area contributed by atoms with Crippen LogP contribution in [0.5, 0.6) is 0 Å². The minimum Gasteiger partial charge on any atom is -0.287 e.